The molecule has 0 saturated heterocycles. The Morgan fingerprint density at radius 3 is 2.74 bits per heavy atom. The first kappa shape index (κ1) is 17.2. The van der Waals surface area contributed by atoms with Crippen molar-refractivity contribution >= 4 is 50.6 Å². The van der Waals surface area contributed by atoms with Crippen molar-refractivity contribution in [2.45, 2.75) is 0 Å². The first-order chi connectivity index (χ1) is 13.0. The van der Waals surface area contributed by atoms with Crippen LogP contribution >= 0.6 is 22.9 Å². The summed E-state index contributed by atoms with van der Waals surface area (Å²) in [5, 5.41) is 14.1. The molecule has 7 nitrogen and oxygen atoms in total. The van der Waals surface area contributed by atoms with E-state index in [1.165, 1.54) is 6.07 Å². The Morgan fingerprint density at radius 2 is 2.00 bits per heavy atom. The number of imidazole rings is 1. The highest BCUT2D eigenvalue weighted by atomic mass is 35.5. The van der Waals surface area contributed by atoms with Gasteiger partial charge in [0.1, 0.15) is 5.82 Å². The van der Waals surface area contributed by atoms with Crippen molar-refractivity contribution in [3.8, 4) is 10.7 Å². The van der Waals surface area contributed by atoms with E-state index in [9.17, 15) is 14.9 Å². The molecule has 27 heavy (non-hydrogen) atoms. The van der Waals surface area contributed by atoms with Gasteiger partial charge in [0.05, 0.1) is 31.5 Å². The molecule has 9 heteroatoms. The van der Waals surface area contributed by atoms with E-state index in [1.54, 1.807) is 48.5 Å². The summed E-state index contributed by atoms with van der Waals surface area (Å²) in [7, 11) is 0. The smallest absolute Gasteiger partial charge is 0.324 e. The molecule has 0 spiro atoms. The van der Waals surface area contributed by atoms with Gasteiger partial charge in [0.15, 0.2) is 0 Å². The van der Waals surface area contributed by atoms with Crippen LogP contribution in [0.4, 0.5) is 10.7 Å². The maximum atomic E-state index is 12.5. The Balaban J connectivity index is 1.63. The molecule has 2 N–H and O–H groups in total. The monoisotopic (exact) mass is 398 g/mol. The van der Waals surface area contributed by atoms with E-state index < -0.39 is 4.92 Å². The fourth-order valence-electron chi connectivity index (χ4n) is 2.58. The molecule has 2 aromatic heterocycles. The number of nitrogens with zero attached hydrogens (tertiary/aromatic N) is 2. The highest BCUT2D eigenvalue weighted by molar-refractivity contribution is 7.18. The van der Waals surface area contributed by atoms with Gasteiger partial charge in [0, 0.05) is 11.6 Å². The van der Waals surface area contributed by atoms with Crippen molar-refractivity contribution in [1.29, 1.82) is 0 Å². The van der Waals surface area contributed by atoms with Gasteiger partial charge in [-0.2, -0.15) is 0 Å². The van der Waals surface area contributed by atoms with Gasteiger partial charge in [-0.25, -0.2) is 4.98 Å². The molecule has 0 unspecified atom stereocenters. The Hall–Kier alpha value is -3.23. The number of thiophene rings is 1. The van der Waals surface area contributed by atoms with Gasteiger partial charge in [0.2, 0.25) is 0 Å². The third-order valence-electron chi connectivity index (χ3n) is 3.87. The van der Waals surface area contributed by atoms with E-state index in [1.807, 2.05) is 0 Å². The highest BCUT2D eigenvalue weighted by Crippen LogP contribution is 2.32. The summed E-state index contributed by atoms with van der Waals surface area (Å²) in [6.07, 6.45) is 0. The van der Waals surface area contributed by atoms with Crippen LogP contribution in [0.15, 0.2) is 54.6 Å². The quantitative estimate of drug-likeness (QED) is 0.368. The van der Waals surface area contributed by atoms with E-state index in [-0.39, 0.29) is 10.9 Å². The van der Waals surface area contributed by atoms with Crippen LogP contribution in [0, 0.1) is 10.1 Å². The number of para-hydroxylation sites is 1. The van der Waals surface area contributed by atoms with Crippen LogP contribution in [0.3, 0.4) is 0 Å². The number of hydrogen-bond acceptors (Lipinski definition) is 5. The Morgan fingerprint density at radius 1 is 1.19 bits per heavy atom. The van der Waals surface area contributed by atoms with Crippen LogP contribution < -0.4 is 5.32 Å². The number of fused-ring (bicyclic) bond motifs is 1. The molecular weight excluding hydrogens is 388 g/mol. The molecule has 0 aliphatic carbocycles. The number of rotatable bonds is 4. The number of nitrogens with one attached hydrogen (secondary N) is 2. The van der Waals surface area contributed by atoms with E-state index in [2.05, 4.69) is 15.3 Å². The number of halogens is 1. The number of amides is 1. The van der Waals surface area contributed by atoms with E-state index >= 15 is 0 Å². The second-order valence-electron chi connectivity index (χ2n) is 5.65. The third kappa shape index (κ3) is 3.40. The summed E-state index contributed by atoms with van der Waals surface area (Å²) in [6, 6.07) is 15.1. The minimum Gasteiger partial charge on any atom is -0.337 e. The van der Waals surface area contributed by atoms with Crippen LogP contribution in [0.5, 0.6) is 0 Å². The SMILES string of the molecule is O=C(Nc1ccccc1Cl)c1ccc2nc(-c3ccc([N+](=O)[O-])s3)[nH]c2c1. The van der Waals surface area contributed by atoms with E-state index in [0.29, 0.717) is 38.0 Å². The number of benzene rings is 2. The lowest BCUT2D eigenvalue weighted by molar-refractivity contribution is -0.380. The Labute approximate surface area is 161 Å². The second kappa shape index (κ2) is 6.82. The summed E-state index contributed by atoms with van der Waals surface area (Å²) in [5.41, 5.74) is 2.29. The van der Waals surface area contributed by atoms with Gasteiger partial charge in [-0.3, -0.25) is 14.9 Å². The summed E-state index contributed by atoms with van der Waals surface area (Å²) in [5.74, 6) is 0.222. The molecule has 0 aliphatic rings. The summed E-state index contributed by atoms with van der Waals surface area (Å²) in [4.78, 5) is 31.1. The standard InChI is InChI=1S/C18H11ClN4O3S/c19-11-3-1-2-4-12(11)22-18(24)10-5-6-13-14(9-10)21-17(20-13)15-7-8-16(27-15)23(25)26/h1-9H,(H,20,21)(H,22,24). The van der Waals surface area contributed by atoms with Crippen LogP contribution in [0.1, 0.15) is 10.4 Å². The average Bonchev–Trinajstić information content (AvgIpc) is 3.29. The van der Waals surface area contributed by atoms with Crippen molar-refractivity contribution in [2.24, 2.45) is 0 Å². The summed E-state index contributed by atoms with van der Waals surface area (Å²) >= 11 is 7.10. The number of hydrogen-bond donors (Lipinski definition) is 2. The van der Waals surface area contributed by atoms with Gasteiger partial charge >= 0.3 is 5.00 Å². The van der Waals surface area contributed by atoms with Crippen LogP contribution in [-0.4, -0.2) is 20.8 Å². The van der Waals surface area contributed by atoms with Gasteiger partial charge in [-0.1, -0.05) is 35.1 Å². The Kier molecular flexibility index (Phi) is 4.35. The maximum Gasteiger partial charge on any atom is 0.324 e. The summed E-state index contributed by atoms with van der Waals surface area (Å²) < 4.78 is 0. The lowest BCUT2D eigenvalue weighted by Gasteiger charge is -2.06. The van der Waals surface area contributed by atoms with Crippen LogP contribution in [-0.2, 0) is 0 Å². The minimum absolute atomic E-state index is 0.0465. The first-order valence-corrected chi connectivity index (χ1v) is 9.01. The fraction of sp³-hybridized carbons (Fsp3) is 0. The molecule has 4 rings (SSSR count). The highest BCUT2D eigenvalue weighted by Gasteiger charge is 2.15. The molecule has 0 radical (unpaired) electrons. The minimum atomic E-state index is -0.437. The molecule has 2 heterocycles. The zero-order chi connectivity index (χ0) is 19.0. The molecule has 0 atom stereocenters. The zero-order valence-corrected chi connectivity index (χ0v) is 15.2. The molecule has 2 aromatic carbocycles. The van der Waals surface area contributed by atoms with Gasteiger partial charge < -0.3 is 10.3 Å². The van der Waals surface area contributed by atoms with Crippen molar-refractivity contribution in [1.82, 2.24) is 9.97 Å². The Bertz CT molecular complexity index is 1180. The predicted molar refractivity (Wildman–Crippen MR) is 105 cm³/mol. The molecule has 1 amide bonds. The van der Waals surface area contributed by atoms with E-state index in [4.69, 9.17) is 11.6 Å². The molecule has 0 aliphatic heterocycles. The number of anilines is 1. The topological polar surface area (TPSA) is 101 Å². The molecule has 0 fully saturated rings. The van der Waals surface area contributed by atoms with Gasteiger partial charge in [-0.15, -0.1) is 0 Å². The van der Waals surface area contributed by atoms with Crippen LogP contribution in [0.2, 0.25) is 5.02 Å². The normalized spacial score (nSPS) is 10.9. The van der Waals surface area contributed by atoms with E-state index in [0.717, 1.165) is 11.3 Å². The van der Waals surface area contributed by atoms with Gasteiger partial charge in [0.25, 0.3) is 5.91 Å². The number of nitro groups is 1. The first-order valence-electron chi connectivity index (χ1n) is 7.81. The fourth-order valence-corrected chi connectivity index (χ4v) is 3.53. The second-order valence-corrected chi connectivity index (χ2v) is 7.12. The summed E-state index contributed by atoms with van der Waals surface area (Å²) in [6.45, 7) is 0. The molecule has 4 aromatic rings. The average molecular weight is 399 g/mol. The number of carbonyl (C=O) groups excluding carboxylic acids is 1. The lowest BCUT2D eigenvalue weighted by atomic mass is 10.2. The van der Waals surface area contributed by atoms with Crippen molar-refractivity contribution in [2.75, 3.05) is 5.32 Å². The zero-order valence-electron chi connectivity index (χ0n) is 13.6. The van der Waals surface area contributed by atoms with Crippen molar-refractivity contribution in [3.63, 3.8) is 0 Å². The molecular formula is C18H11ClN4O3S. The third-order valence-corrected chi connectivity index (χ3v) is 5.24. The molecule has 134 valence electrons. The lowest BCUT2D eigenvalue weighted by Crippen LogP contribution is -2.12. The number of aromatic amines is 1. The maximum absolute atomic E-state index is 12.5. The number of H-pyrrole nitrogens is 1. The van der Waals surface area contributed by atoms with Crippen molar-refractivity contribution < 1.29 is 9.72 Å². The number of carbonyl (C=O) groups is 1. The number of aromatic nitrogens is 2. The molecule has 0 bridgehead atoms. The predicted octanol–water partition coefficient (Wildman–Crippen LogP) is 5.11. The van der Waals surface area contributed by atoms with Crippen molar-refractivity contribution in [3.05, 3.63) is 75.3 Å². The largest absolute Gasteiger partial charge is 0.337 e. The van der Waals surface area contributed by atoms with Crippen LogP contribution in [0.25, 0.3) is 21.7 Å². The molecule has 0 saturated carbocycles. The van der Waals surface area contributed by atoms with Gasteiger partial charge in [-0.05, 0) is 36.4 Å².